The molecule has 13 heavy (non-hydrogen) atoms. The highest BCUT2D eigenvalue weighted by Crippen LogP contribution is 2.33. The van der Waals surface area contributed by atoms with Crippen molar-refractivity contribution >= 4 is 17.5 Å². The van der Waals surface area contributed by atoms with E-state index < -0.39 is 0 Å². The summed E-state index contributed by atoms with van der Waals surface area (Å²) in [6.07, 6.45) is 3.04. The lowest BCUT2D eigenvalue weighted by Gasteiger charge is -2.42. The first-order chi connectivity index (χ1) is 6.07. The van der Waals surface area contributed by atoms with E-state index in [0.717, 1.165) is 19.3 Å². The summed E-state index contributed by atoms with van der Waals surface area (Å²) in [6, 6.07) is 0. The van der Waals surface area contributed by atoms with Gasteiger partial charge in [0.1, 0.15) is 5.78 Å². The number of hydrogen-bond acceptors (Lipinski definition) is 3. The highest BCUT2D eigenvalue weighted by atomic mass is 32.2. The topological polar surface area (TPSA) is 20.3 Å². The van der Waals surface area contributed by atoms with Crippen molar-refractivity contribution in [1.29, 1.82) is 0 Å². The van der Waals surface area contributed by atoms with E-state index in [1.165, 1.54) is 11.5 Å². The van der Waals surface area contributed by atoms with Gasteiger partial charge in [-0.15, -0.1) is 0 Å². The molecule has 0 amide bonds. The van der Waals surface area contributed by atoms with Crippen LogP contribution in [0.2, 0.25) is 0 Å². The summed E-state index contributed by atoms with van der Waals surface area (Å²) in [5.74, 6) is 2.72. The average Bonchev–Trinajstić information content (AvgIpc) is 2.04. The van der Waals surface area contributed by atoms with E-state index >= 15 is 0 Å². The third-order valence-electron chi connectivity index (χ3n) is 2.95. The highest BCUT2D eigenvalue weighted by Gasteiger charge is 2.35. The maximum Gasteiger partial charge on any atom is 0.131 e. The number of carbonyl (C=O) groups is 1. The summed E-state index contributed by atoms with van der Waals surface area (Å²) in [4.78, 5) is 13.4. The van der Waals surface area contributed by atoms with Crippen molar-refractivity contribution in [2.24, 2.45) is 0 Å². The molecule has 1 aliphatic rings. The first kappa shape index (κ1) is 11.1. The monoisotopic (exact) mass is 201 g/mol. The van der Waals surface area contributed by atoms with Gasteiger partial charge in [-0.3, -0.25) is 4.79 Å². The first-order valence-electron chi connectivity index (χ1n) is 4.81. The molecule has 0 radical (unpaired) electrons. The summed E-state index contributed by atoms with van der Waals surface area (Å²) in [5.41, 5.74) is 0.164. The second kappa shape index (κ2) is 4.47. The van der Waals surface area contributed by atoms with E-state index in [-0.39, 0.29) is 5.54 Å². The van der Waals surface area contributed by atoms with E-state index in [9.17, 15) is 4.79 Å². The Kier molecular flexibility index (Phi) is 3.80. The van der Waals surface area contributed by atoms with Crippen LogP contribution in [0, 0.1) is 0 Å². The van der Waals surface area contributed by atoms with Gasteiger partial charge in [0.15, 0.2) is 0 Å². The minimum atomic E-state index is 0.164. The number of nitrogens with zero attached hydrogens (tertiary/aromatic N) is 1. The van der Waals surface area contributed by atoms with Gasteiger partial charge >= 0.3 is 0 Å². The molecular formula is C10H19NOS. The SMILES string of the molecule is CC(=O)CC1(N(C)C)CCSCC1. The normalized spacial score (nSPS) is 21.8. The van der Waals surface area contributed by atoms with Gasteiger partial charge in [-0.2, -0.15) is 11.8 Å². The number of Topliss-reactive ketones (excluding diaryl/α,β-unsaturated/α-hetero) is 1. The number of thioether (sulfide) groups is 1. The Morgan fingerprint density at radius 3 is 2.31 bits per heavy atom. The molecule has 0 aromatic heterocycles. The molecule has 0 bridgehead atoms. The summed E-state index contributed by atoms with van der Waals surface area (Å²) in [5, 5.41) is 0. The van der Waals surface area contributed by atoms with Crippen molar-refractivity contribution in [2.45, 2.75) is 31.7 Å². The lowest BCUT2D eigenvalue weighted by Crippen LogP contribution is -2.48. The van der Waals surface area contributed by atoms with Crippen LogP contribution in [0.4, 0.5) is 0 Å². The predicted molar refractivity (Wildman–Crippen MR) is 58.3 cm³/mol. The molecule has 0 aliphatic carbocycles. The van der Waals surface area contributed by atoms with Gasteiger partial charge in [0.05, 0.1) is 0 Å². The van der Waals surface area contributed by atoms with Crippen LogP contribution in [0.5, 0.6) is 0 Å². The molecule has 0 aromatic carbocycles. The molecule has 1 heterocycles. The fourth-order valence-electron chi connectivity index (χ4n) is 2.00. The minimum absolute atomic E-state index is 0.164. The quantitative estimate of drug-likeness (QED) is 0.694. The molecule has 2 nitrogen and oxygen atoms in total. The zero-order valence-corrected chi connectivity index (χ0v) is 9.62. The molecule has 1 saturated heterocycles. The molecule has 0 atom stereocenters. The molecule has 0 spiro atoms. The minimum Gasteiger partial charge on any atom is -0.303 e. The molecule has 0 saturated carbocycles. The Balaban J connectivity index is 2.67. The van der Waals surface area contributed by atoms with Crippen LogP contribution in [0.15, 0.2) is 0 Å². The van der Waals surface area contributed by atoms with Gasteiger partial charge in [-0.25, -0.2) is 0 Å². The van der Waals surface area contributed by atoms with E-state index in [2.05, 4.69) is 19.0 Å². The fraction of sp³-hybridized carbons (Fsp3) is 0.900. The van der Waals surface area contributed by atoms with Crippen molar-refractivity contribution in [3.05, 3.63) is 0 Å². The molecule has 1 rings (SSSR count). The third kappa shape index (κ3) is 2.71. The van der Waals surface area contributed by atoms with Crippen LogP contribution in [-0.4, -0.2) is 41.8 Å². The van der Waals surface area contributed by atoms with E-state index in [4.69, 9.17) is 0 Å². The number of rotatable bonds is 3. The van der Waals surface area contributed by atoms with Gasteiger partial charge in [-0.05, 0) is 45.4 Å². The maximum atomic E-state index is 11.2. The number of carbonyl (C=O) groups excluding carboxylic acids is 1. The van der Waals surface area contributed by atoms with Crippen LogP contribution < -0.4 is 0 Å². The molecule has 1 fully saturated rings. The molecule has 0 unspecified atom stereocenters. The van der Waals surface area contributed by atoms with Crippen LogP contribution in [0.25, 0.3) is 0 Å². The second-order valence-corrected chi connectivity index (χ2v) is 5.33. The van der Waals surface area contributed by atoms with Gasteiger partial charge in [0, 0.05) is 12.0 Å². The largest absolute Gasteiger partial charge is 0.303 e. The van der Waals surface area contributed by atoms with Crippen LogP contribution in [-0.2, 0) is 4.79 Å². The molecule has 0 N–H and O–H groups in total. The average molecular weight is 201 g/mol. The van der Waals surface area contributed by atoms with Crippen molar-refractivity contribution < 1.29 is 4.79 Å². The number of hydrogen-bond donors (Lipinski definition) is 0. The van der Waals surface area contributed by atoms with E-state index in [0.29, 0.717) is 5.78 Å². The van der Waals surface area contributed by atoms with Crippen molar-refractivity contribution in [3.8, 4) is 0 Å². The summed E-state index contributed by atoms with van der Waals surface area (Å²) >= 11 is 2.00. The Morgan fingerprint density at radius 1 is 1.38 bits per heavy atom. The molecule has 76 valence electrons. The standard InChI is InChI=1S/C10H19NOS/c1-9(12)8-10(11(2)3)4-6-13-7-5-10/h4-8H2,1-3H3. The zero-order valence-electron chi connectivity index (χ0n) is 8.80. The van der Waals surface area contributed by atoms with Gasteiger partial charge in [0.2, 0.25) is 0 Å². The van der Waals surface area contributed by atoms with Gasteiger partial charge in [-0.1, -0.05) is 0 Å². The van der Waals surface area contributed by atoms with Crippen LogP contribution in [0.1, 0.15) is 26.2 Å². The van der Waals surface area contributed by atoms with Crippen molar-refractivity contribution in [1.82, 2.24) is 4.90 Å². The molecule has 1 aliphatic heterocycles. The number of ketones is 1. The van der Waals surface area contributed by atoms with E-state index in [1.54, 1.807) is 6.92 Å². The lowest BCUT2D eigenvalue weighted by molar-refractivity contribution is -0.119. The van der Waals surface area contributed by atoms with Gasteiger partial charge in [0.25, 0.3) is 0 Å². The Morgan fingerprint density at radius 2 is 1.92 bits per heavy atom. The van der Waals surface area contributed by atoms with Crippen LogP contribution >= 0.6 is 11.8 Å². The van der Waals surface area contributed by atoms with Crippen molar-refractivity contribution in [3.63, 3.8) is 0 Å². The summed E-state index contributed by atoms with van der Waals surface area (Å²) < 4.78 is 0. The Hall–Kier alpha value is -0.0200. The van der Waals surface area contributed by atoms with Crippen LogP contribution in [0.3, 0.4) is 0 Å². The third-order valence-corrected chi connectivity index (χ3v) is 3.94. The highest BCUT2D eigenvalue weighted by molar-refractivity contribution is 7.99. The predicted octanol–water partition coefficient (Wildman–Crippen LogP) is 1.79. The molecule has 0 aromatic rings. The fourth-order valence-corrected chi connectivity index (χ4v) is 3.25. The van der Waals surface area contributed by atoms with Crippen molar-refractivity contribution in [2.75, 3.05) is 25.6 Å². The molecular weight excluding hydrogens is 182 g/mol. The zero-order chi connectivity index (χ0) is 9.90. The smallest absolute Gasteiger partial charge is 0.131 e. The second-order valence-electron chi connectivity index (χ2n) is 4.11. The van der Waals surface area contributed by atoms with E-state index in [1.807, 2.05) is 11.8 Å². The molecule has 3 heteroatoms. The summed E-state index contributed by atoms with van der Waals surface area (Å²) in [7, 11) is 4.19. The Labute approximate surface area is 85.1 Å². The lowest BCUT2D eigenvalue weighted by atomic mass is 9.86. The first-order valence-corrected chi connectivity index (χ1v) is 5.97. The van der Waals surface area contributed by atoms with Gasteiger partial charge < -0.3 is 4.90 Å². The summed E-state index contributed by atoms with van der Waals surface area (Å²) in [6.45, 7) is 1.70. The Bertz CT molecular complexity index is 185. The maximum absolute atomic E-state index is 11.2.